The second-order valence-electron chi connectivity index (χ2n) is 2.85. The zero-order valence-electron chi connectivity index (χ0n) is 7.18. The fourth-order valence-electron chi connectivity index (χ4n) is 1.07. The number of alkyl halides is 6. The normalized spacial score (nSPS) is 23.0. The molecule has 0 spiro atoms. The Morgan fingerprint density at radius 1 is 1.00 bits per heavy atom. The van der Waals surface area contributed by atoms with Crippen LogP contribution >= 0.6 is 0 Å². The third-order valence-corrected chi connectivity index (χ3v) is 1.72. The van der Waals surface area contributed by atoms with Crippen molar-refractivity contribution in [3.63, 3.8) is 0 Å². The summed E-state index contributed by atoms with van der Waals surface area (Å²) in [6, 6.07) is -3.18. The van der Waals surface area contributed by atoms with Gasteiger partial charge in [-0.05, 0) is 0 Å². The number of halogens is 8. The van der Waals surface area contributed by atoms with Crippen LogP contribution in [0.5, 0.6) is 0 Å². The van der Waals surface area contributed by atoms with E-state index in [0.29, 0.717) is 0 Å². The lowest BCUT2D eigenvalue weighted by molar-refractivity contribution is -0.151. The number of rotatable bonds is 0. The van der Waals surface area contributed by atoms with Gasteiger partial charge in [0.15, 0.2) is 11.9 Å². The molecule has 0 aromatic heterocycles. The molecule has 0 bridgehead atoms. The van der Waals surface area contributed by atoms with Crippen LogP contribution in [0.1, 0.15) is 0 Å². The van der Waals surface area contributed by atoms with Gasteiger partial charge in [0.05, 0.1) is 0 Å². The minimum Gasteiger partial charge on any atom is -0.372 e. The summed E-state index contributed by atoms with van der Waals surface area (Å²) in [7, 11) is 0. The average Bonchev–Trinajstić information content (AvgIpc) is 1.97. The second-order valence-corrected chi connectivity index (χ2v) is 2.85. The smallest absolute Gasteiger partial charge is 0.372 e. The highest BCUT2D eigenvalue weighted by Crippen LogP contribution is 2.40. The first-order chi connectivity index (χ1) is 7.05. The summed E-state index contributed by atoms with van der Waals surface area (Å²) in [5.41, 5.74) is -2.53. The van der Waals surface area contributed by atoms with Crippen LogP contribution in [0.3, 0.4) is 0 Å². The number of dihydropyridines is 1. The predicted molar refractivity (Wildman–Crippen MR) is 36.4 cm³/mol. The first kappa shape index (κ1) is 12.8. The molecule has 0 aromatic carbocycles. The zero-order valence-corrected chi connectivity index (χ0v) is 7.18. The van der Waals surface area contributed by atoms with Gasteiger partial charge in [-0.15, -0.1) is 0 Å². The Bertz CT molecular complexity index is 346. The largest absolute Gasteiger partial charge is 0.421 e. The van der Waals surface area contributed by atoms with Crippen molar-refractivity contribution >= 4 is 0 Å². The van der Waals surface area contributed by atoms with Crippen molar-refractivity contribution in [3.05, 3.63) is 23.4 Å². The molecule has 0 aromatic rings. The molecule has 16 heavy (non-hydrogen) atoms. The van der Waals surface area contributed by atoms with Gasteiger partial charge >= 0.3 is 12.4 Å². The number of hydrogen-bond acceptors (Lipinski definition) is 1. The number of allylic oxidation sites excluding steroid dienone is 2. The fourth-order valence-corrected chi connectivity index (χ4v) is 1.07. The summed E-state index contributed by atoms with van der Waals surface area (Å²) in [6.07, 6.45) is -11.0. The molecule has 0 radical (unpaired) electrons. The van der Waals surface area contributed by atoms with E-state index in [1.54, 1.807) is 0 Å². The van der Waals surface area contributed by atoms with Crippen molar-refractivity contribution in [1.29, 1.82) is 0 Å². The van der Waals surface area contributed by atoms with Crippen LogP contribution in [0.25, 0.3) is 0 Å². The van der Waals surface area contributed by atoms with Crippen molar-refractivity contribution in [2.45, 2.75) is 18.4 Å². The monoisotopic (exact) mass is 253 g/mol. The van der Waals surface area contributed by atoms with E-state index in [1.165, 1.54) is 5.32 Å². The summed E-state index contributed by atoms with van der Waals surface area (Å²) in [5.74, 6) is -4.74. The Kier molecular flexibility index (Phi) is 2.90. The maximum absolute atomic E-state index is 12.9. The highest BCUT2D eigenvalue weighted by Gasteiger charge is 2.51. The SMILES string of the molecule is FC1=CNC(C(F)(F)F)C(F)=C1C(F)(F)F. The molecule has 1 aliphatic heterocycles. The maximum atomic E-state index is 12.9. The molecule has 1 atom stereocenters. The van der Waals surface area contributed by atoms with Crippen LogP contribution in [0, 0.1) is 0 Å². The van der Waals surface area contributed by atoms with Gasteiger partial charge in [0.2, 0.25) is 0 Å². The Labute approximate surface area is 83.4 Å². The van der Waals surface area contributed by atoms with Crippen LogP contribution in [0.2, 0.25) is 0 Å². The molecule has 1 aliphatic rings. The molecule has 0 aliphatic carbocycles. The van der Waals surface area contributed by atoms with Crippen molar-refractivity contribution in [3.8, 4) is 0 Å². The van der Waals surface area contributed by atoms with Crippen molar-refractivity contribution in [2.75, 3.05) is 0 Å². The molecule has 1 unspecified atom stereocenters. The van der Waals surface area contributed by atoms with Crippen LogP contribution in [-0.2, 0) is 0 Å². The Balaban J connectivity index is 3.24. The van der Waals surface area contributed by atoms with E-state index in [9.17, 15) is 35.1 Å². The molecule has 1 rings (SSSR count). The third kappa shape index (κ3) is 2.27. The third-order valence-electron chi connectivity index (χ3n) is 1.72. The topological polar surface area (TPSA) is 12.0 Å². The summed E-state index contributed by atoms with van der Waals surface area (Å²) < 4.78 is 97.6. The lowest BCUT2D eigenvalue weighted by Gasteiger charge is -2.25. The molecule has 92 valence electrons. The first-order valence-corrected chi connectivity index (χ1v) is 3.71. The molecular formula is C7H3F8N. The Hall–Kier alpha value is -1.28. The summed E-state index contributed by atoms with van der Waals surface area (Å²) in [6.45, 7) is 0. The number of nitrogens with one attached hydrogen (secondary N) is 1. The van der Waals surface area contributed by atoms with Gasteiger partial charge < -0.3 is 5.32 Å². The second kappa shape index (κ2) is 3.63. The Morgan fingerprint density at radius 3 is 1.88 bits per heavy atom. The summed E-state index contributed by atoms with van der Waals surface area (Å²) in [5, 5.41) is 1.17. The molecule has 0 amide bonds. The predicted octanol–water partition coefficient (Wildman–Crippen LogP) is 3.12. The lowest BCUT2D eigenvalue weighted by atomic mass is 10.1. The lowest BCUT2D eigenvalue weighted by Crippen LogP contribution is -2.43. The van der Waals surface area contributed by atoms with Gasteiger partial charge in [-0.3, -0.25) is 0 Å². The van der Waals surface area contributed by atoms with E-state index in [4.69, 9.17) is 0 Å². The van der Waals surface area contributed by atoms with Crippen LogP contribution in [0.15, 0.2) is 23.4 Å². The fraction of sp³-hybridized carbons (Fsp3) is 0.429. The average molecular weight is 253 g/mol. The van der Waals surface area contributed by atoms with Gasteiger partial charge in [-0.1, -0.05) is 0 Å². The van der Waals surface area contributed by atoms with E-state index in [1.807, 2.05) is 0 Å². The van der Waals surface area contributed by atoms with Crippen molar-refractivity contribution in [1.82, 2.24) is 5.32 Å². The van der Waals surface area contributed by atoms with Gasteiger partial charge in [-0.25, -0.2) is 8.78 Å². The minimum atomic E-state index is -5.52. The molecule has 1 heterocycles. The molecule has 0 saturated carbocycles. The standard InChI is InChI=1S/C7H3F8N/c8-2-1-16-5(7(13,14)15)4(9)3(2)6(10,11)12/h1,5,16H. The summed E-state index contributed by atoms with van der Waals surface area (Å²) >= 11 is 0. The van der Waals surface area contributed by atoms with E-state index in [0.717, 1.165) is 0 Å². The minimum absolute atomic E-state index is 0.163. The van der Waals surface area contributed by atoms with Crippen LogP contribution < -0.4 is 5.32 Å². The maximum Gasteiger partial charge on any atom is 0.421 e. The van der Waals surface area contributed by atoms with Crippen LogP contribution in [0.4, 0.5) is 35.1 Å². The molecule has 1 nitrogen and oxygen atoms in total. The molecular weight excluding hydrogens is 250 g/mol. The van der Waals surface area contributed by atoms with Crippen molar-refractivity contribution in [2.24, 2.45) is 0 Å². The van der Waals surface area contributed by atoms with Crippen LogP contribution in [-0.4, -0.2) is 18.4 Å². The van der Waals surface area contributed by atoms with E-state index in [2.05, 4.69) is 0 Å². The van der Waals surface area contributed by atoms with Gasteiger partial charge in [0, 0.05) is 6.20 Å². The number of hydrogen-bond donors (Lipinski definition) is 1. The molecule has 1 N–H and O–H groups in total. The highest BCUT2D eigenvalue weighted by molar-refractivity contribution is 5.38. The first-order valence-electron chi connectivity index (χ1n) is 3.71. The molecule has 0 fully saturated rings. The molecule has 0 saturated heterocycles. The quantitative estimate of drug-likeness (QED) is 0.654. The summed E-state index contributed by atoms with van der Waals surface area (Å²) in [4.78, 5) is 0. The van der Waals surface area contributed by atoms with E-state index in [-0.39, 0.29) is 6.20 Å². The molecule has 9 heteroatoms. The zero-order chi connectivity index (χ0) is 12.7. The van der Waals surface area contributed by atoms with E-state index >= 15 is 0 Å². The Morgan fingerprint density at radius 2 is 1.50 bits per heavy atom. The van der Waals surface area contributed by atoms with Gasteiger partial charge in [0.25, 0.3) is 0 Å². The van der Waals surface area contributed by atoms with Gasteiger partial charge in [0.1, 0.15) is 11.4 Å². The highest BCUT2D eigenvalue weighted by atomic mass is 19.4. The van der Waals surface area contributed by atoms with E-state index < -0.39 is 35.6 Å². The van der Waals surface area contributed by atoms with Crippen molar-refractivity contribution < 1.29 is 35.1 Å². The van der Waals surface area contributed by atoms with Gasteiger partial charge in [-0.2, -0.15) is 26.3 Å².